The topological polar surface area (TPSA) is 48.6 Å². The van der Waals surface area contributed by atoms with E-state index >= 15 is 0 Å². The van der Waals surface area contributed by atoms with E-state index in [1.165, 1.54) is 19.2 Å². The molecular weight excluding hydrogens is 442 g/mol. The Bertz CT molecular complexity index is 980. The van der Waals surface area contributed by atoms with Crippen LogP contribution in [0.5, 0.6) is 11.5 Å². The summed E-state index contributed by atoms with van der Waals surface area (Å²) in [5, 5.41) is 12.3. The second kappa shape index (κ2) is 7.93. The van der Waals surface area contributed by atoms with E-state index in [-0.39, 0.29) is 40.2 Å². The summed E-state index contributed by atoms with van der Waals surface area (Å²) in [5.74, 6) is 0.303. The van der Waals surface area contributed by atoms with Crippen LogP contribution in [0.3, 0.4) is 0 Å². The summed E-state index contributed by atoms with van der Waals surface area (Å²) in [6, 6.07) is 4.83. The smallest absolute Gasteiger partial charge is 0.419 e. The molecule has 2 aromatic rings. The molecule has 2 aliphatic rings. The summed E-state index contributed by atoms with van der Waals surface area (Å²) >= 11 is 0. The van der Waals surface area contributed by atoms with Gasteiger partial charge < -0.3 is 14.7 Å². The SMILES string of the molecule is COc1cc(C(F)(F)F)ccc1O[C@H]1C[C@H]2CC[C@@H](C1)N2c1ccc(C(F)(F)F)c[n+]1[O-]. The van der Waals surface area contributed by atoms with Crippen LogP contribution in [0.15, 0.2) is 36.5 Å². The van der Waals surface area contributed by atoms with Gasteiger partial charge in [-0.2, -0.15) is 26.3 Å². The molecule has 1 aromatic heterocycles. The lowest BCUT2D eigenvalue weighted by Crippen LogP contribution is -2.51. The van der Waals surface area contributed by atoms with Gasteiger partial charge in [0, 0.05) is 18.9 Å². The van der Waals surface area contributed by atoms with Gasteiger partial charge in [0.05, 0.1) is 18.2 Å². The number of methoxy groups -OCH3 is 1. The summed E-state index contributed by atoms with van der Waals surface area (Å²) in [6.45, 7) is 0. The quantitative estimate of drug-likeness (QED) is 0.367. The van der Waals surface area contributed by atoms with Gasteiger partial charge in [0.25, 0.3) is 5.82 Å². The molecule has 174 valence electrons. The molecule has 0 spiro atoms. The number of benzene rings is 1. The molecule has 4 rings (SSSR count). The van der Waals surface area contributed by atoms with Crippen molar-refractivity contribution in [3.8, 4) is 11.5 Å². The Labute approximate surface area is 179 Å². The number of aromatic nitrogens is 1. The van der Waals surface area contributed by atoms with Gasteiger partial charge in [-0.3, -0.25) is 4.90 Å². The molecule has 5 nitrogen and oxygen atoms in total. The third kappa shape index (κ3) is 4.24. The average molecular weight is 462 g/mol. The summed E-state index contributed by atoms with van der Waals surface area (Å²) in [6.07, 6.45) is -6.50. The number of ether oxygens (including phenoxy) is 2. The Morgan fingerprint density at radius 2 is 1.50 bits per heavy atom. The van der Waals surface area contributed by atoms with Gasteiger partial charge in [-0.05, 0) is 37.1 Å². The Kier molecular flexibility index (Phi) is 5.54. The fourth-order valence-electron chi connectivity index (χ4n) is 4.56. The third-order valence-corrected chi connectivity index (χ3v) is 5.96. The molecule has 0 radical (unpaired) electrons. The van der Waals surface area contributed by atoms with Crippen LogP contribution in [0.2, 0.25) is 0 Å². The van der Waals surface area contributed by atoms with Gasteiger partial charge in [0.15, 0.2) is 11.5 Å². The Morgan fingerprint density at radius 1 is 0.906 bits per heavy atom. The highest BCUT2D eigenvalue weighted by Gasteiger charge is 2.48. The standard InChI is InChI=1S/C21H20F6N2O3/c1-31-18-8-12(20(22,23)24)2-6-17(18)32-16-9-14-4-5-15(10-16)29(14)19-7-3-13(11-28(19)30)21(25,26)27/h2-3,6-8,11,14-16H,4-5,9-10H2,1H3/t14-,15+,16+. The monoisotopic (exact) mass is 462 g/mol. The molecule has 32 heavy (non-hydrogen) atoms. The molecule has 3 atom stereocenters. The van der Waals surface area contributed by atoms with Crippen LogP contribution in [0.25, 0.3) is 0 Å². The van der Waals surface area contributed by atoms with E-state index in [2.05, 4.69) is 0 Å². The van der Waals surface area contributed by atoms with Crippen LogP contribution in [0.1, 0.15) is 36.8 Å². The van der Waals surface area contributed by atoms with E-state index in [1.54, 1.807) is 0 Å². The molecule has 0 N–H and O–H groups in total. The number of nitrogens with zero attached hydrogens (tertiary/aromatic N) is 2. The lowest BCUT2D eigenvalue weighted by molar-refractivity contribution is -0.594. The number of anilines is 1. The van der Waals surface area contributed by atoms with Crippen LogP contribution in [0.4, 0.5) is 32.2 Å². The minimum Gasteiger partial charge on any atom is -0.711 e. The number of alkyl halides is 6. The van der Waals surface area contributed by atoms with Crippen LogP contribution in [-0.4, -0.2) is 25.3 Å². The van der Waals surface area contributed by atoms with Gasteiger partial charge in [0.1, 0.15) is 24.4 Å². The highest BCUT2D eigenvalue weighted by atomic mass is 19.4. The minimum atomic E-state index is -4.61. The van der Waals surface area contributed by atoms with E-state index in [0.717, 1.165) is 31.0 Å². The lowest BCUT2D eigenvalue weighted by atomic mass is 9.99. The molecule has 1 aromatic carbocycles. The third-order valence-electron chi connectivity index (χ3n) is 5.96. The number of pyridine rings is 1. The van der Waals surface area contributed by atoms with Crippen molar-refractivity contribution in [2.75, 3.05) is 12.0 Å². The maximum atomic E-state index is 12.9. The first-order valence-corrected chi connectivity index (χ1v) is 9.98. The zero-order valence-electron chi connectivity index (χ0n) is 16.9. The van der Waals surface area contributed by atoms with Gasteiger partial charge in [-0.1, -0.05) is 0 Å². The summed E-state index contributed by atoms with van der Waals surface area (Å²) < 4.78 is 88.7. The van der Waals surface area contributed by atoms with Crippen molar-refractivity contribution in [3.05, 3.63) is 52.9 Å². The van der Waals surface area contributed by atoms with Crippen molar-refractivity contribution < 1.29 is 40.5 Å². The lowest BCUT2D eigenvalue weighted by Gasteiger charge is -2.36. The van der Waals surface area contributed by atoms with Gasteiger partial charge in [-0.15, -0.1) is 0 Å². The number of fused-ring (bicyclic) bond motifs is 2. The Balaban J connectivity index is 1.51. The van der Waals surface area contributed by atoms with Gasteiger partial charge in [0.2, 0.25) is 0 Å². The molecule has 2 saturated heterocycles. The molecule has 0 unspecified atom stereocenters. The zero-order chi connectivity index (χ0) is 23.3. The highest BCUT2D eigenvalue weighted by Crippen LogP contribution is 2.42. The van der Waals surface area contributed by atoms with Crippen molar-refractivity contribution in [1.82, 2.24) is 0 Å². The maximum Gasteiger partial charge on any atom is 0.419 e. The van der Waals surface area contributed by atoms with Crippen molar-refractivity contribution in [3.63, 3.8) is 0 Å². The number of hydrogen-bond donors (Lipinski definition) is 0. The van der Waals surface area contributed by atoms with E-state index in [4.69, 9.17) is 9.47 Å². The Hall–Kier alpha value is -2.85. The normalized spacial score (nSPS) is 23.3. The summed E-state index contributed by atoms with van der Waals surface area (Å²) in [5.41, 5.74) is -1.87. The summed E-state index contributed by atoms with van der Waals surface area (Å²) in [7, 11) is 1.26. The number of hydrogen-bond acceptors (Lipinski definition) is 4. The second-order valence-electron chi connectivity index (χ2n) is 7.97. The van der Waals surface area contributed by atoms with E-state index in [1.807, 2.05) is 4.90 Å². The minimum absolute atomic E-state index is 0.0326. The molecule has 11 heteroatoms. The molecular formula is C21H20F6N2O3. The average Bonchev–Trinajstić information content (AvgIpc) is 2.96. The van der Waals surface area contributed by atoms with Crippen molar-refractivity contribution in [1.29, 1.82) is 0 Å². The van der Waals surface area contributed by atoms with Crippen molar-refractivity contribution >= 4 is 5.82 Å². The molecule has 3 heterocycles. The van der Waals surface area contributed by atoms with E-state index in [9.17, 15) is 31.5 Å². The van der Waals surface area contributed by atoms with Crippen LogP contribution >= 0.6 is 0 Å². The van der Waals surface area contributed by atoms with E-state index < -0.39 is 23.5 Å². The van der Waals surface area contributed by atoms with E-state index in [0.29, 0.717) is 19.0 Å². The van der Waals surface area contributed by atoms with Gasteiger partial charge >= 0.3 is 12.4 Å². The first-order chi connectivity index (χ1) is 15.0. The largest absolute Gasteiger partial charge is 0.711 e. The van der Waals surface area contributed by atoms with Gasteiger partial charge in [-0.25, -0.2) is 4.73 Å². The molecule has 0 amide bonds. The molecule has 2 fully saturated rings. The predicted molar refractivity (Wildman–Crippen MR) is 101 cm³/mol. The predicted octanol–water partition coefficient (Wildman–Crippen LogP) is 4.95. The second-order valence-corrected chi connectivity index (χ2v) is 7.97. The first-order valence-electron chi connectivity index (χ1n) is 9.98. The fourth-order valence-corrected chi connectivity index (χ4v) is 4.56. The highest BCUT2D eigenvalue weighted by molar-refractivity contribution is 5.45. The number of halogens is 6. The number of rotatable bonds is 4. The Morgan fingerprint density at radius 3 is 2.03 bits per heavy atom. The first kappa shape index (κ1) is 22.3. The molecule has 2 bridgehead atoms. The maximum absolute atomic E-state index is 12.9. The van der Waals surface area contributed by atoms with Crippen LogP contribution in [0, 0.1) is 5.21 Å². The fraction of sp³-hybridized carbons (Fsp3) is 0.476. The van der Waals surface area contributed by atoms with Crippen molar-refractivity contribution in [2.45, 2.75) is 56.2 Å². The van der Waals surface area contributed by atoms with Crippen molar-refractivity contribution in [2.24, 2.45) is 0 Å². The summed E-state index contributed by atoms with van der Waals surface area (Å²) in [4.78, 5) is 1.83. The van der Waals surface area contributed by atoms with Crippen LogP contribution < -0.4 is 19.1 Å². The number of piperidine rings is 1. The van der Waals surface area contributed by atoms with Crippen LogP contribution in [-0.2, 0) is 12.4 Å². The molecule has 0 aliphatic carbocycles. The molecule has 0 saturated carbocycles. The zero-order valence-corrected chi connectivity index (χ0v) is 16.9. The molecule has 2 aliphatic heterocycles.